The van der Waals surface area contributed by atoms with E-state index in [1.165, 1.54) is 41.6 Å². The number of aromatic nitrogens is 2. The van der Waals surface area contributed by atoms with E-state index in [-0.39, 0.29) is 0 Å². The lowest BCUT2D eigenvalue weighted by atomic mass is 9.93. The van der Waals surface area contributed by atoms with Gasteiger partial charge in [-0.1, -0.05) is 24.3 Å². The van der Waals surface area contributed by atoms with Crippen LogP contribution in [0.5, 0.6) is 0 Å². The molecule has 1 aromatic carbocycles. The van der Waals surface area contributed by atoms with E-state index >= 15 is 0 Å². The molecule has 1 N–H and O–H groups in total. The van der Waals surface area contributed by atoms with Crippen LogP contribution in [0, 0.1) is 6.92 Å². The minimum atomic E-state index is 0.483. The number of aryl methyl sites for hydroxylation is 2. The normalized spacial score (nSPS) is 18.0. The zero-order valence-electron chi connectivity index (χ0n) is 12.4. The van der Waals surface area contributed by atoms with Gasteiger partial charge in [-0.3, -0.25) is 4.68 Å². The molecule has 0 saturated carbocycles. The number of hydrogen-bond donors (Lipinski definition) is 1. The Morgan fingerprint density at radius 2 is 2.20 bits per heavy atom. The summed E-state index contributed by atoms with van der Waals surface area (Å²) in [6.45, 7) is 3.22. The zero-order valence-corrected chi connectivity index (χ0v) is 12.4. The van der Waals surface area contributed by atoms with Crippen LogP contribution in [0.1, 0.15) is 41.3 Å². The summed E-state index contributed by atoms with van der Waals surface area (Å²) in [6, 6.07) is 9.14. The Kier molecular flexibility index (Phi) is 3.88. The fourth-order valence-electron chi connectivity index (χ4n) is 3.19. The molecule has 3 heteroatoms. The lowest BCUT2D eigenvalue weighted by Crippen LogP contribution is -2.27. The largest absolute Gasteiger partial charge is 0.309 e. The molecule has 1 atom stereocenters. The van der Waals surface area contributed by atoms with Crippen LogP contribution < -0.4 is 5.32 Å². The number of rotatable bonds is 4. The van der Waals surface area contributed by atoms with Gasteiger partial charge in [0.25, 0.3) is 0 Å². The number of nitrogens with zero attached hydrogens (tertiary/aromatic N) is 2. The quantitative estimate of drug-likeness (QED) is 0.925. The second kappa shape index (κ2) is 5.80. The van der Waals surface area contributed by atoms with E-state index in [1.807, 2.05) is 10.9 Å². The minimum absolute atomic E-state index is 0.483. The second-order valence-electron chi connectivity index (χ2n) is 5.75. The molecule has 20 heavy (non-hydrogen) atoms. The van der Waals surface area contributed by atoms with Crippen molar-refractivity contribution in [3.05, 3.63) is 52.8 Å². The van der Waals surface area contributed by atoms with Crippen molar-refractivity contribution in [2.75, 3.05) is 6.54 Å². The average molecular weight is 269 g/mol. The Morgan fingerprint density at radius 1 is 1.35 bits per heavy atom. The molecule has 0 fully saturated rings. The molecule has 3 rings (SSSR count). The Balaban J connectivity index is 1.61. The van der Waals surface area contributed by atoms with Gasteiger partial charge in [-0.2, -0.15) is 5.10 Å². The summed E-state index contributed by atoms with van der Waals surface area (Å²) in [5.74, 6) is 0. The van der Waals surface area contributed by atoms with Gasteiger partial charge in [-0.25, -0.2) is 0 Å². The van der Waals surface area contributed by atoms with Gasteiger partial charge < -0.3 is 5.32 Å². The van der Waals surface area contributed by atoms with Gasteiger partial charge in [-0.05, 0) is 50.3 Å². The fourth-order valence-corrected chi connectivity index (χ4v) is 3.19. The third-order valence-electron chi connectivity index (χ3n) is 4.42. The fraction of sp³-hybridized carbons (Fsp3) is 0.471. The number of fused-ring (bicyclic) bond motifs is 1. The predicted molar refractivity (Wildman–Crippen MR) is 81.8 cm³/mol. The highest BCUT2D eigenvalue weighted by molar-refractivity contribution is 5.27. The molecule has 1 unspecified atom stereocenters. The van der Waals surface area contributed by atoms with Crippen molar-refractivity contribution in [2.45, 2.75) is 38.6 Å². The van der Waals surface area contributed by atoms with E-state index < -0.39 is 0 Å². The van der Waals surface area contributed by atoms with Crippen molar-refractivity contribution in [3.8, 4) is 0 Å². The molecule has 0 aliphatic heterocycles. The maximum Gasteiger partial charge on any atom is 0.0540 e. The first-order valence-corrected chi connectivity index (χ1v) is 7.54. The van der Waals surface area contributed by atoms with Gasteiger partial charge >= 0.3 is 0 Å². The average Bonchev–Trinajstić information content (AvgIpc) is 2.84. The zero-order chi connectivity index (χ0) is 13.9. The van der Waals surface area contributed by atoms with Crippen LogP contribution in [-0.4, -0.2) is 16.3 Å². The maximum atomic E-state index is 4.41. The monoisotopic (exact) mass is 269 g/mol. The van der Waals surface area contributed by atoms with Crippen LogP contribution in [0.15, 0.2) is 30.5 Å². The lowest BCUT2D eigenvalue weighted by molar-refractivity contribution is 0.455. The van der Waals surface area contributed by atoms with E-state index in [2.05, 4.69) is 48.7 Å². The first-order valence-electron chi connectivity index (χ1n) is 7.54. The molecule has 0 radical (unpaired) electrons. The van der Waals surface area contributed by atoms with Crippen molar-refractivity contribution in [2.24, 2.45) is 7.05 Å². The van der Waals surface area contributed by atoms with Crippen molar-refractivity contribution in [3.63, 3.8) is 0 Å². The molecule has 0 saturated heterocycles. The highest BCUT2D eigenvalue weighted by atomic mass is 15.3. The molecule has 106 valence electrons. The summed E-state index contributed by atoms with van der Waals surface area (Å²) in [5.41, 5.74) is 5.65. The molecule has 3 nitrogen and oxygen atoms in total. The first kappa shape index (κ1) is 13.4. The molecule has 1 aliphatic carbocycles. The van der Waals surface area contributed by atoms with E-state index in [0.717, 1.165) is 13.0 Å². The topological polar surface area (TPSA) is 29.9 Å². The maximum absolute atomic E-state index is 4.41. The summed E-state index contributed by atoms with van der Waals surface area (Å²) in [5, 5.41) is 8.12. The van der Waals surface area contributed by atoms with Gasteiger partial charge in [0.05, 0.1) is 6.20 Å². The third kappa shape index (κ3) is 2.63. The van der Waals surface area contributed by atoms with Crippen LogP contribution in [0.4, 0.5) is 0 Å². The summed E-state index contributed by atoms with van der Waals surface area (Å²) >= 11 is 0. The van der Waals surface area contributed by atoms with Crippen molar-refractivity contribution in [1.29, 1.82) is 0 Å². The van der Waals surface area contributed by atoms with E-state index in [9.17, 15) is 0 Å². The van der Waals surface area contributed by atoms with E-state index in [4.69, 9.17) is 0 Å². The minimum Gasteiger partial charge on any atom is -0.309 e. The molecule has 2 aromatic rings. The Labute approximate surface area is 121 Å². The van der Waals surface area contributed by atoms with Crippen molar-refractivity contribution < 1.29 is 0 Å². The highest BCUT2D eigenvalue weighted by Gasteiger charge is 2.22. The SMILES string of the molecule is Cc1ccccc1CCNC1CCCc2c1cnn2C. The molecular weight excluding hydrogens is 246 g/mol. The summed E-state index contributed by atoms with van der Waals surface area (Å²) in [6.07, 6.45) is 6.79. The molecule has 0 spiro atoms. The Morgan fingerprint density at radius 3 is 3.05 bits per heavy atom. The van der Waals surface area contributed by atoms with Gasteiger partial charge in [0.15, 0.2) is 0 Å². The van der Waals surface area contributed by atoms with Crippen LogP contribution in [0.3, 0.4) is 0 Å². The molecular formula is C17H23N3. The van der Waals surface area contributed by atoms with E-state index in [0.29, 0.717) is 6.04 Å². The molecule has 1 heterocycles. The van der Waals surface area contributed by atoms with Gasteiger partial charge in [0.1, 0.15) is 0 Å². The van der Waals surface area contributed by atoms with Gasteiger partial charge in [-0.15, -0.1) is 0 Å². The Bertz CT molecular complexity index is 586. The lowest BCUT2D eigenvalue weighted by Gasteiger charge is -2.24. The van der Waals surface area contributed by atoms with Crippen LogP contribution in [0.25, 0.3) is 0 Å². The standard InChI is InChI=1S/C17H23N3/c1-13-6-3-4-7-14(13)10-11-18-16-8-5-9-17-15(16)12-19-20(17)2/h3-4,6-7,12,16,18H,5,8-11H2,1-2H3. The summed E-state index contributed by atoms with van der Waals surface area (Å²) in [4.78, 5) is 0. The number of hydrogen-bond acceptors (Lipinski definition) is 2. The third-order valence-corrected chi connectivity index (χ3v) is 4.42. The van der Waals surface area contributed by atoms with Crippen LogP contribution in [-0.2, 0) is 19.9 Å². The van der Waals surface area contributed by atoms with E-state index in [1.54, 1.807) is 0 Å². The second-order valence-corrected chi connectivity index (χ2v) is 5.75. The van der Waals surface area contributed by atoms with Gasteiger partial charge in [0.2, 0.25) is 0 Å². The molecule has 1 aromatic heterocycles. The number of nitrogens with one attached hydrogen (secondary N) is 1. The Hall–Kier alpha value is -1.61. The highest BCUT2D eigenvalue weighted by Crippen LogP contribution is 2.28. The summed E-state index contributed by atoms with van der Waals surface area (Å²) in [7, 11) is 2.05. The predicted octanol–water partition coefficient (Wildman–Crippen LogP) is 2.94. The van der Waals surface area contributed by atoms with Crippen LogP contribution >= 0.6 is 0 Å². The van der Waals surface area contributed by atoms with Gasteiger partial charge in [0, 0.05) is 24.3 Å². The molecule has 1 aliphatic rings. The first-order chi connectivity index (χ1) is 9.75. The summed E-state index contributed by atoms with van der Waals surface area (Å²) < 4.78 is 2.03. The van der Waals surface area contributed by atoms with Crippen molar-refractivity contribution in [1.82, 2.24) is 15.1 Å². The van der Waals surface area contributed by atoms with Crippen molar-refractivity contribution >= 4 is 0 Å². The number of benzene rings is 1. The van der Waals surface area contributed by atoms with Crippen LogP contribution in [0.2, 0.25) is 0 Å². The smallest absolute Gasteiger partial charge is 0.0540 e. The molecule has 0 amide bonds. The molecule has 0 bridgehead atoms.